The van der Waals surface area contributed by atoms with Crippen LogP contribution in [0.1, 0.15) is 22.9 Å². The maximum atomic E-state index is 5.25. The van der Waals surface area contributed by atoms with Crippen LogP contribution >= 0.6 is 0 Å². The lowest BCUT2D eigenvalue weighted by atomic mass is 10.1. The molecular formula is C22H21N3O. The van der Waals surface area contributed by atoms with Crippen LogP contribution in [0.4, 0.5) is 11.4 Å². The fraction of sp³-hybridized carbons (Fsp3) is 0.136. The summed E-state index contributed by atoms with van der Waals surface area (Å²) in [4.78, 5) is 4.92. The van der Waals surface area contributed by atoms with Gasteiger partial charge in [-0.25, -0.2) is 4.99 Å². The quantitative estimate of drug-likeness (QED) is 0.704. The van der Waals surface area contributed by atoms with Gasteiger partial charge in [-0.1, -0.05) is 42.0 Å². The minimum Gasteiger partial charge on any atom is -0.497 e. The third kappa shape index (κ3) is 3.26. The highest BCUT2D eigenvalue weighted by molar-refractivity contribution is 6.12. The van der Waals surface area contributed by atoms with E-state index in [1.807, 2.05) is 36.4 Å². The van der Waals surface area contributed by atoms with Crippen molar-refractivity contribution >= 4 is 17.2 Å². The van der Waals surface area contributed by atoms with Gasteiger partial charge in [0, 0.05) is 16.9 Å². The number of ether oxygens (including phenoxy) is 1. The lowest BCUT2D eigenvalue weighted by molar-refractivity contribution is 0.414. The van der Waals surface area contributed by atoms with Gasteiger partial charge in [-0.2, -0.15) is 0 Å². The molecule has 4 nitrogen and oxygen atoms in total. The number of hydrogen-bond donors (Lipinski definition) is 2. The van der Waals surface area contributed by atoms with E-state index in [4.69, 9.17) is 9.73 Å². The van der Waals surface area contributed by atoms with E-state index in [1.165, 1.54) is 5.56 Å². The van der Waals surface area contributed by atoms with E-state index in [2.05, 4.69) is 54.0 Å². The number of amidine groups is 1. The second-order valence-electron chi connectivity index (χ2n) is 6.33. The molecule has 1 unspecified atom stereocenters. The second kappa shape index (κ2) is 6.92. The van der Waals surface area contributed by atoms with Crippen molar-refractivity contribution < 1.29 is 4.74 Å². The van der Waals surface area contributed by atoms with E-state index in [0.717, 1.165) is 34.1 Å². The third-order valence-corrected chi connectivity index (χ3v) is 4.48. The summed E-state index contributed by atoms with van der Waals surface area (Å²) in [6, 6.07) is 24.6. The maximum Gasteiger partial charge on any atom is 0.147 e. The van der Waals surface area contributed by atoms with Crippen molar-refractivity contribution in [3.05, 3.63) is 89.5 Å². The summed E-state index contributed by atoms with van der Waals surface area (Å²) in [5.74, 6) is 1.70. The summed E-state index contributed by atoms with van der Waals surface area (Å²) in [5.41, 5.74) is 5.48. The first kappa shape index (κ1) is 16.2. The van der Waals surface area contributed by atoms with Crippen LogP contribution in [0.5, 0.6) is 5.75 Å². The van der Waals surface area contributed by atoms with Crippen LogP contribution < -0.4 is 15.4 Å². The number of fused-ring (bicyclic) bond motifs is 1. The molecule has 26 heavy (non-hydrogen) atoms. The summed E-state index contributed by atoms with van der Waals surface area (Å²) in [5, 5.41) is 6.98. The molecule has 3 aromatic carbocycles. The number of nitrogens with zero attached hydrogens (tertiary/aromatic N) is 1. The average Bonchev–Trinajstić information content (AvgIpc) is 2.69. The summed E-state index contributed by atoms with van der Waals surface area (Å²) < 4.78 is 5.25. The van der Waals surface area contributed by atoms with Gasteiger partial charge in [0.25, 0.3) is 0 Å². The normalized spacial score (nSPS) is 15.5. The fourth-order valence-corrected chi connectivity index (χ4v) is 3.01. The Labute approximate surface area is 153 Å². The number of benzene rings is 3. The van der Waals surface area contributed by atoms with Crippen molar-refractivity contribution in [3.8, 4) is 5.75 Å². The second-order valence-corrected chi connectivity index (χ2v) is 6.33. The van der Waals surface area contributed by atoms with E-state index in [-0.39, 0.29) is 6.17 Å². The number of aliphatic imine (C=N–C) groups is 1. The van der Waals surface area contributed by atoms with Gasteiger partial charge in [0.2, 0.25) is 0 Å². The number of hydrogen-bond acceptors (Lipinski definition) is 4. The zero-order valence-electron chi connectivity index (χ0n) is 14.9. The fourth-order valence-electron chi connectivity index (χ4n) is 3.01. The highest BCUT2D eigenvalue weighted by atomic mass is 16.5. The minimum absolute atomic E-state index is 0.149. The number of nitrogens with one attached hydrogen (secondary N) is 2. The standard InChI is InChI=1S/C22H21N3O/c1-15-7-11-17(12-8-15)23-22-19-5-3-4-6-20(19)24-21(25-22)16-9-13-18(26-2)14-10-16/h3-14,21,24H,1-2H3,(H,23,25). The molecule has 0 aromatic heterocycles. The Kier molecular flexibility index (Phi) is 4.32. The molecule has 3 aromatic rings. The molecule has 0 saturated heterocycles. The molecule has 1 atom stereocenters. The molecule has 1 aliphatic heterocycles. The van der Waals surface area contributed by atoms with Gasteiger partial charge < -0.3 is 15.4 Å². The molecule has 4 rings (SSSR count). The number of aryl methyl sites for hydroxylation is 1. The number of rotatable bonds is 3. The Bertz CT molecular complexity index is 930. The Hall–Kier alpha value is -3.27. The molecule has 1 heterocycles. The number of anilines is 2. The highest BCUT2D eigenvalue weighted by Gasteiger charge is 2.21. The highest BCUT2D eigenvalue weighted by Crippen LogP contribution is 2.31. The lowest BCUT2D eigenvalue weighted by Crippen LogP contribution is -2.24. The zero-order chi connectivity index (χ0) is 17.9. The van der Waals surface area contributed by atoms with E-state index in [1.54, 1.807) is 7.11 Å². The average molecular weight is 343 g/mol. The zero-order valence-corrected chi connectivity index (χ0v) is 14.9. The predicted octanol–water partition coefficient (Wildman–Crippen LogP) is 4.99. The van der Waals surface area contributed by atoms with Gasteiger partial charge in [-0.3, -0.25) is 0 Å². The van der Waals surface area contributed by atoms with Crippen molar-refractivity contribution in [1.29, 1.82) is 0 Å². The lowest BCUT2D eigenvalue weighted by Gasteiger charge is -2.26. The first-order valence-corrected chi connectivity index (χ1v) is 8.64. The van der Waals surface area contributed by atoms with E-state index >= 15 is 0 Å². The van der Waals surface area contributed by atoms with Gasteiger partial charge in [0.1, 0.15) is 17.8 Å². The summed E-state index contributed by atoms with van der Waals surface area (Å²) in [6.45, 7) is 2.08. The molecule has 1 aliphatic rings. The SMILES string of the molecule is COc1ccc(C2N=C(Nc3ccc(C)cc3)c3ccccc3N2)cc1. The molecule has 0 amide bonds. The van der Waals surface area contributed by atoms with Gasteiger partial charge in [-0.15, -0.1) is 0 Å². The largest absolute Gasteiger partial charge is 0.497 e. The molecule has 130 valence electrons. The van der Waals surface area contributed by atoms with Gasteiger partial charge >= 0.3 is 0 Å². The predicted molar refractivity (Wildman–Crippen MR) is 107 cm³/mol. The molecule has 0 spiro atoms. The van der Waals surface area contributed by atoms with Gasteiger partial charge in [-0.05, 0) is 48.9 Å². The van der Waals surface area contributed by atoms with Gasteiger partial charge in [0.05, 0.1) is 7.11 Å². The van der Waals surface area contributed by atoms with Crippen LogP contribution in [-0.4, -0.2) is 12.9 Å². The van der Waals surface area contributed by atoms with E-state index in [9.17, 15) is 0 Å². The van der Waals surface area contributed by atoms with Crippen molar-refractivity contribution in [2.24, 2.45) is 4.99 Å². The van der Waals surface area contributed by atoms with Crippen molar-refractivity contribution in [1.82, 2.24) is 0 Å². The van der Waals surface area contributed by atoms with E-state index in [0.29, 0.717) is 0 Å². The van der Waals surface area contributed by atoms with Crippen molar-refractivity contribution in [2.75, 3.05) is 17.7 Å². The molecule has 2 N–H and O–H groups in total. The van der Waals surface area contributed by atoms with Crippen LogP contribution in [0.25, 0.3) is 0 Å². The summed E-state index contributed by atoms with van der Waals surface area (Å²) in [6.07, 6.45) is -0.149. The topological polar surface area (TPSA) is 45.6 Å². The number of para-hydroxylation sites is 1. The van der Waals surface area contributed by atoms with Crippen LogP contribution in [0, 0.1) is 6.92 Å². The molecule has 0 saturated carbocycles. The first-order chi connectivity index (χ1) is 12.7. The molecule has 0 bridgehead atoms. The van der Waals surface area contributed by atoms with Crippen molar-refractivity contribution in [3.63, 3.8) is 0 Å². The van der Waals surface area contributed by atoms with Crippen molar-refractivity contribution in [2.45, 2.75) is 13.1 Å². The Morgan fingerprint density at radius 1 is 0.923 bits per heavy atom. The van der Waals surface area contributed by atoms with Gasteiger partial charge in [0.15, 0.2) is 0 Å². The smallest absolute Gasteiger partial charge is 0.147 e. The molecule has 0 fully saturated rings. The van der Waals surface area contributed by atoms with Crippen LogP contribution in [-0.2, 0) is 0 Å². The van der Waals surface area contributed by atoms with E-state index < -0.39 is 0 Å². The molecule has 0 aliphatic carbocycles. The maximum absolute atomic E-state index is 5.25. The van der Waals surface area contributed by atoms with Crippen LogP contribution in [0.3, 0.4) is 0 Å². The first-order valence-electron chi connectivity index (χ1n) is 8.64. The summed E-state index contributed by atoms with van der Waals surface area (Å²) >= 11 is 0. The number of methoxy groups -OCH3 is 1. The Balaban J connectivity index is 1.69. The minimum atomic E-state index is -0.149. The summed E-state index contributed by atoms with van der Waals surface area (Å²) in [7, 11) is 1.67. The monoisotopic (exact) mass is 343 g/mol. The van der Waals surface area contributed by atoms with Crippen LogP contribution in [0.2, 0.25) is 0 Å². The Morgan fingerprint density at radius 2 is 1.65 bits per heavy atom. The molecule has 4 heteroatoms. The third-order valence-electron chi connectivity index (χ3n) is 4.48. The molecular weight excluding hydrogens is 322 g/mol. The Morgan fingerprint density at radius 3 is 2.38 bits per heavy atom. The van der Waals surface area contributed by atoms with Crippen LogP contribution in [0.15, 0.2) is 77.8 Å². The molecule has 0 radical (unpaired) electrons.